The molecule has 1 aromatic heterocycles. The SMILES string of the molecule is CCc1nn(CC)c(CC(=O)c2cccc(C)c2)c1Cl. The minimum atomic E-state index is 0.0767. The van der Waals surface area contributed by atoms with Crippen LogP contribution in [0.4, 0.5) is 0 Å². The summed E-state index contributed by atoms with van der Waals surface area (Å²) in [6.07, 6.45) is 1.07. The van der Waals surface area contributed by atoms with E-state index in [0.29, 0.717) is 11.4 Å². The van der Waals surface area contributed by atoms with Gasteiger partial charge in [0.05, 0.1) is 22.8 Å². The van der Waals surface area contributed by atoms with Crippen LogP contribution in [0, 0.1) is 6.92 Å². The second kappa shape index (κ2) is 6.23. The molecule has 0 aliphatic rings. The molecule has 0 radical (unpaired) electrons. The third kappa shape index (κ3) is 2.93. The molecule has 4 heteroatoms. The van der Waals surface area contributed by atoms with E-state index < -0.39 is 0 Å². The number of benzene rings is 1. The van der Waals surface area contributed by atoms with E-state index in [1.165, 1.54) is 0 Å². The second-order valence-corrected chi connectivity index (χ2v) is 5.22. The first-order valence-electron chi connectivity index (χ1n) is 6.90. The molecule has 0 bridgehead atoms. The lowest BCUT2D eigenvalue weighted by atomic mass is 10.0. The van der Waals surface area contributed by atoms with Crippen LogP contribution < -0.4 is 0 Å². The summed E-state index contributed by atoms with van der Waals surface area (Å²) in [7, 11) is 0. The quantitative estimate of drug-likeness (QED) is 0.784. The maximum Gasteiger partial charge on any atom is 0.168 e. The maximum atomic E-state index is 12.4. The normalized spacial score (nSPS) is 10.8. The van der Waals surface area contributed by atoms with Crippen molar-refractivity contribution in [2.45, 2.75) is 40.2 Å². The van der Waals surface area contributed by atoms with Gasteiger partial charge in [0.15, 0.2) is 5.78 Å². The van der Waals surface area contributed by atoms with Crippen molar-refractivity contribution in [2.24, 2.45) is 0 Å². The monoisotopic (exact) mass is 290 g/mol. The van der Waals surface area contributed by atoms with Crippen molar-refractivity contribution in [3.8, 4) is 0 Å². The lowest BCUT2D eigenvalue weighted by Crippen LogP contribution is -2.10. The standard InChI is InChI=1S/C16H19ClN2O/c1-4-13-16(17)14(19(5-2)18-13)10-15(20)12-8-6-7-11(3)9-12/h6-9H,4-5,10H2,1-3H3. The summed E-state index contributed by atoms with van der Waals surface area (Å²) in [5.74, 6) is 0.0767. The van der Waals surface area contributed by atoms with Crippen LogP contribution >= 0.6 is 11.6 Å². The molecule has 0 aliphatic carbocycles. The van der Waals surface area contributed by atoms with Crippen molar-refractivity contribution in [3.05, 3.63) is 51.8 Å². The third-order valence-electron chi connectivity index (χ3n) is 3.36. The van der Waals surface area contributed by atoms with Gasteiger partial charge in [-0.3, -0.25) is 9.48 Å². The first kappa shape index (κ1) is 14.8. The maximum absolute atomic E-state index is 12.4. The number of aryl methyl sites for hydroxylation is 3. The molecule has 2 rings (SSSR count). The number of hydrogen-bond donors (Lipinski definition) is 0. The Labute approximate surface area is 124 Å². The second-order valence-electron chi connectivity index (χ2n) is 4.85. The van der Waals surface area contributed by atoms with Crippen LogP contribution in [0.5, 0.6) is 0 Å². The van der Waals surface area contributed by atoms with E-state index in [2.05, 4.69) is 5.10 Å². The molecule has 0 saturated carbocycles. The highest BCUT2D eigenvalue weighted by molar-refractivity contribution is 6.32. The average Bonchev–Trinajstić information content (AvgIpc) is 2.75. The van der Waals surface area contributed by atoms with Crippen LogP contribution in [-0.4, -0.2) is 15.6 Å². The average molecular weight is 291 g/mol. The van der Waals surface area contributed by atoms with E-state index in [1.54, 1.807) is 0 Å². The van der Waals surface area contributed by atoms with Crippen LogP contribution in [0.2, 0.25) is 5.02 Å². The Morgan fingerprint density at radius 3 is 2.70 bits per heavy atom. The van der Waals surface area contributed by atoms with Gasteiger partial charge < -0.3 is 0 Å². The smallest absolute Gasteiger partial charge is 0.168 e. The fourth-order valence-corrected chi connectivity index (χ4v) is 2.59. The van der Waals surface area contributed by atoms with E-state index in [4.69, 9.17) is 11.6 Å². The number of carbonyl (C=O) groups is 1. The van der Waals surface area contributed by atoms with E-state index in [-0.39, 0.29) is 5.78 Å². The largest absolute Gasteiger partial charge is 0.294 e. The van der Waals surface area contributed by atoms with E-state index in [9.17, 15) is 4.79 Å². The number of Topliss-reactive ketones (excluding diaryl/α,β-unsaturated/α-hetero) is 1. The first-order chi connectivity index (χ1) is 9.56. The summed E-state index contributed by atoms with van der Waals surface area (Å²) >= 11 is 6.34. The van der Waals surface area contributed by atoms with Crippen molar-refractivity contribution < 1.29 is 4.79 Å². The predicted octanol–water partition coefficient (Wildman–Crippen LogP) is 3.85. The van der Waals surface area contributed by atoms with Gasteiger partial charge in [0.2, 0.25) is 0 Å². The number of halogens is 1. The van der Waals surface area contributed by atoms with Crippen molar-refractivity contribution in [3.63, 3.8) is 0 Å². The van der Waals surface area contributed by atoms with Gasteiger partial charge in [-0.25, -0.2) is 0 Å². The number of hydrogen-bond acceptors (Lipinski definition) is 2. The molecule has 2 aromatic rings. The molecular formula is C16H19ClN2O. The van der Waals surface area contributed by atoms with E-state index in [1.807, 2.05) is 49.7 Å². The zero-order valence-corrected chi connectivity index (χ0v) is 12.9. The molecule has 0 amide bonds. The van der Waals surface area contributed by atoms with Crippen molar-refractivity contribution in [1.29, 1.82) is 0 Å². The zero-order chi connectivity index (χ0) is 14.7. The number of carbonyl (C=O) groups excluding carboxylic acids is 1. The van der Waals surface area contributed by atoms with Crippen molar-refractivity contribution in [1.82, 2.24) is 9.78 Å². The topological polar surface area (TPSA) is 34.9 Å². The summed E-state index contributed by atoms with van der Waals surface area (Å²) in [5.41, 5.74) is 3.49. The number of rotatable bonds is 5. The first-order valence-corrected chi connectivity index (χ1v) is 7.28. The van der Waals surface area contributed by atoms with Gasteiger partial charge in [0.25, 0.3) is 0 Å². The molecule has 0 aliphatic heterocycles. The summed E-state index contributed by atoms with van der Waals surface area (Å²) in [5, 5.41) is 5.08. The van der Waals surface area contributed by atoms with Crippen LogP contribution in [0.25, 0.3) is 0 Å². The van der Waals surface area contributed by atoms with Crippen LogP contribution in [0.3, 0.4) is 0 Å². The lowest BCUT2D eigenvalue weighted by Gasteiger charge is -2.05. The van der Waals surface area contributed by atoms with Gasteiger partial charge in [-0.1, -0.05) is 42.3 Å². The molecule has 0 saturated heterocycles. The zero-order valence-electron chi connectivity index (χ0n) is 12.1. The van der Waals surface area contributed by atoms with Crippen molar-refractivity contribution >= 4 is 17.4 Å². The Morgan fingerprint density at radius 2 is 2.10 bits per heavy atom. The van der Waals surface area contributed by atoms with Gasteiger partial charge in [-0.2, -0.15) is 5.10 Å². The molecular weight excluding hydrogens is 272 g/mol. The Bertz CT molecular complexity index is 631. The molecule has 0 N–H and O–H groups in total. The molecule has 0 fully saturated rings. The van der Waals surface area contributed by atoms with Gasteiger partial charge in [0, 0.05) is 12.1 Å². The van der Waals surface area contributed by atoms with E-state index >= 15 is 0 Å². The molecule has 0 atom stereocenters. The Morgan fingerprint density at radius 1 is 1.35 bits per heavy atom. The summed E-state index contributed by atoms with van der Waals surface area (Å²) < 4.78 is 1.83. The minimum Gasteiger partial charge on any atom is -0.294 e. The Balaban J connectivity index is 2.30. The Hall–Kier alpha value is -1.61. The van der Waals surface area contributed by atoms with Crippen LogP contribution in [0.15, 0.2) is 24.3 Å². The number of nitrogens with zero attached hydrogens (tertiary/aromatic N) is 2. The molecule has 106 valence electrons. The van der Waals surface area contributed by atoms with Crippen LogP contribution in [0.1, 0.15) is 41.2 Å². The highest BCUT2D eigenvalue weighted by Crippen LogP contribution is 2.23. The van der Waals surface area contributed by atoms with Crippen molar-refractivity contribution in [2.75, 3.05) is 0 Å². The number of aromatic nitrogens is 2. The molecule has 20 heavy (non-hydrogen) atoms. The molecule has 0 unspecified atom stereocenters. The fraction of sp³-hybridized carbons (Fsp3) is 0.375. The molecule has 3 nitrogen and oxygen atoms in total. The number of ketones is 1. The summed E-state index contributed by atoms with van der Waals surface area (Å²) in [6.45, 7) is 6.72. The minimum absolute atomic E-state index is 0.0767. The summed E-state index contributed by atoms with van der Waals surface area (Å²) in [6, 6.07) is 7.63. The Kier molecular flexibility index (Phi) is 4.61. The molecule has 1 aromatic carbocycles. The van der Waals surface area contributed by atoms with Gasteiger partial charge in [-0.05, 0) is 26.3 Å². The third-order valence-corrected chi connectivity index (χ3v) is 3.80. The van der Waals surface area contributed by atoms with Gasteiger partial charge in [-0.15, -0.1) is 0 Å². The summed E-state index contributed by atoms with van der Waals surface area (Å²) in [4.78, 5) is 12.4. The van der Waals surface area contributed by atoms with Gasteiger partial charge in [0.1, 0.15) is 0 Å². The lowest BCUT2D eigenvalue weighted by molar-refractivity contribution is 0.0990. The highest BCUT2D eigenvalue weighted by atomic mass is 35.5. The predicted molar refractivity (Wildman–Crippen MR) is 81.5 cm³/mol. The van der Waals surface area contributed by atoms with E-state index in [0.717, 1.165) is 35.5 Å². The van der Waals surface area contributed by atoms with Crippen LogP contribution in [-0.2, 0) is 19.4 Å². The molecule has 0 spiro atoms. The molecule has 1 heterocycles. The highest BCUT2D eigenvalue weighted by Gasteiger charge is 2.18. The van der Waals surface area contributed by atoms with Gasteiger partial charge >= 0.3 is 0 Å². The fourth-order valence-electron chi connectivity index (χ4n) is 2.26.